The SMILES string of the molecule is CCC(O)[C@H](O)[C@H](O[C@@H]1OC(CO)[C@@H](O)[C@@H](O)C1O)C(O)CO. The van der Waals surface area contributed by atoms with Gasteiger partial charge in [-0.25, -0.2) is 0 Å². The summed E-state index contributed by atoms with van der Waals surface area (Å²) < 4.78 is 10.3. The molecule has 1 heterocycles. The van der Waals surface area contributed by atoms with E-state index in [1.807, 2.05) is 0 Å². The van der Waals surface area contributed by atoms with Crippen LogP contribution in [0, 0.1) is 0 Å². The van der Waals surface area contributed by atoms with E-state index in [1.54, 1.807) is 6.92 Å². The van der Waals surface area contributed by atoms with Gasteiger partial charge in [0.2, 0.25) is 0 Å². The van der Waals surface area contributed by atoms with E-state index in [9.17, 15) is 30.6 Å². The van der Waals surface area contributed by atoms with Crippen molar-refractivity contribution in [3.8, 4) is 0 Å². The molecule has 8 N–H and O–H groups in total. The topological polar surface area (TPSA) is 180 Å². The maximum Gasteiger partial charge on any atom is 0.187 e. The lowest BCUT2D eigenvalue weighted by Crippen LogP contribution is -2.61. The Labute approximate surface area is 133 Å². The molecule has 10 nitrogen and oxygen atoms in total. The van der Waals surface area contributed by atoms with E-state index in [2.05, 4.69) is 0 Å². The van der Waals surface area contributed by atoms with Crippen LogP contribution in [0.4, 0.5) is 0 Å². The van der Waals surface area contributed by atoms with Gasteiger partial charge in [0.1, 0.15) is 42.7 Å². The second-order valence-corrected chi connectivity index (χ2v) is 5.51. The minimum Gasteiger partial charge on any atom is -0.394 e. The van der Waals surface area contributed by atoms with Gasteiger partial charge in [-0.05, 0) is 6.42 Å². The van der Waals surface area contributed by atoms with Crippen LogP contribution in [0.3, 0.4) is 0 Å². The van der Waals surface area contributed by atoms with E-state index in [1.165, 1.54) is 0 Å². The molecule has 0 saturated carbocycles. The monoisotopic (exact) mass is 342 g/mol. The molecule has 1 aliphatic rings. The Bertz CT molecular complexity index is 341. The van der Waals surface area contributed by atoms with Crippen molar-refractivity contribution >= 4 is 0 Å². The third kappa shape index (κ3) is 4.79. The van der Waals surface area contributed by atoms with Crippen molar-refractivity contribution in [3.63, 3.8) is 0 Å². The van der Waals surface area contributed by atoms with Gasteiger partial charge in [0.05, 0.1) is 19.3 Å². The van der Waals surface area contributed by atoms with Gasteiger partial charge in [0.15, 0.2) is 6.29 Å². The summed E-state index contributed by atoms with van der Waals surface area (Å²) in [4.78, 5) is 0. The average molecular weight is 342 g/mol. The van der Waals surface area contributed by atoms with E-state index in [0.717, 1.165) is 0 Å². The summed E-state index contributed by atoms with van der Waals surface area (Å²) >= 11 is 0. The second kappa shape index (κ2) is 9.18. The molecule has 10 heteroatoms. The Hall–Kier alpha value is -0.400. The van der Waals surface area contributed by atoms with Crippen LogP contribution < -0.4 is 0 Å². The van der Waals surface area contributed by atoms with Gasteiger partial charge >= 0.3 is 0 Å². The Morgan fingerprint density at radius 2 is 1.57 bits per heavy atom. The van der Waals surface area contributed by atoms with Crippen LogP contribution in [0.2, 0.25) is 0 Å². The number of ether oxygens (including phenoxy) is 2. The van der Waals surface area contributed by atoms with Crippen LogP contribution in [0.1, 0.15) is 13.3 Å². The minimum atomic E-state index is -1.73. The summed E-state index contributed by atoms with van der Waals surface area (Å²) in [5, 5.41) is 76.8. The number of aliphatic hydroxyl groups excluding tert-OH is 8. The van der Waals surface area contributed by atoms with Gasteiger partial charge in [0, 0.05) is 0 Å². The zero-order valence-electron chi connectivity index (χ0n) is 12.7. The minimum absolute atomic E-state index is 0.133. The summed E-state index contributed by atoms with van der Waals surface area (Å²) in [7, 11) is 0. The maximum absolute atomic E-state index is 9.99. The molecule has 0 bridgehead atoms. The molecule has 1 aliphatic heterocycles. The summed E-state index contributed by atoms with van der Waals surface area (Å²) in [6.07, 6.45) is -13.7. The normalized spacial score (nSPS) is 37.2. The predicted octanol–water partition coefficient (Wildman–Crippen LogP) is -4.34. The van der Waals surface area contributed by atoms with Crippen LogP contribution in [0.25, 0.3) is 0 Å². The van der Waals surface area contributed by atoms with Crippen molar-refractivity contribution in [2.75, 3.05) is 13.2 Å². The lowest BCUT2D eigenvalue weighted by atomic mass is 9.98. The fraction of sp³-hybridized carbons (Fsp3) is 1.00. The van der Waals surface area contributed by atoms with Crippen molar-refractivity contribution in [3.05, 3.63) is 0 Å². The van der Waals surface area contributed by atoms with Crippen molar-refractivity contribution < 1.29 is 50.3 Å². The molecule has 9 atom stereocenters. The molecule has 1 fully saturated rings. The highest BCUT2D eigenvalue weighted by molar-refractivity contribution is 4.91. The zero-order valence-corrected chi connectivity index (χ0v) is 12.7. The number of rotatable bonds is 8. The van der Waals surface area contributed by atoms with Crippen molar-refractivity contribution in [1.82, 2.24) is 0 Å². The van der Waals surface area contributed by atoms with Crippen LogP contribution in [-0.4, -0.2) is 109 Å². The molecule has 0 radical (unpaired) electrons. The first-order valence-electron chi connectivity index (χ1n) is 7.39. The van der Waals surface area contributed by atoms with E-state index in [-0.39, 0.29) is 6.42 Å². The van der Waals surface area contributed by atoms with Crippen LogP contribution in [-0.2, 0) is 9.47 Å². The molecule has 138 valence electrons. The summed E-state index contributed by atoms with van der Waals surface area (Å²) in [6, 6.07) is 0. The Kier molecular flexibility index (Phi) is 8.24. The predicted molar refractivity (Wildman–Crippen MR) is 74.0 cm³/mol. The van der Waals surface area contributed by atoms with Gasteiger partial charge < -0.3 is 50.3 Å². The lowest BCUT2D eigenvalue weighted by Gasteiger charge is -2.42. The second-order valence-electron chi connectivity index (χ2n) is 5.51. The van der Waals surface area contributed by atoms with Gasteiger partial charge in [-0.1, -0.05) is 6.92 Å². The van der Waals surface area contributed by atoms with Crippen molar-refractivity contribution in [1.29, 1.82) is 0 Å². The summed E-state index contributed by atoms with van der Waals surface area (Å²) in [5.41, 5.74) is 0. The van der Waals surface area contributed by atoms with E-state index in [0.29, 0.717) is 0 Å². The third-order valence-corrected chi connectivity index (χ3v) is 3.86. The Morgan fingerprint density at radius 1 is 0.957 bits per heavy atom. The lowest BCUT2D eigenvalue weighted by molar-refractivity contribution is -0.327. The van der Waals surface area contributed by atoms with Crippen LogP contribution in [0.5, 0.6) is 0 Å². The maximum atomic E-state index is 9.99. The Morgan fingerprint density at radius 3 is 2.04 bits per heavy atom. The highest BCUT2D eigenvalue weighted by Crippen LogP contribution is 2.25. The largest absolute Gasteiger partial charge is 0.394 e. The zero-order chi connectivity index (χ0) is 17.7. The molecule has 0 amide bonds. The van der Waals surface area contributed by atoms with Crippen LogP contribution >= 0.6 is 0 Å². The molecular formula is C13H26O10. The quantitative estimate of drug-likeness (QED) is 0.215. The number of hydrogen-bond acceptors (Lipinski definition) is 10. The molecule has 23 heavy (non-hydrogen) atoms. The van der Waals surface area contributed by atoms with E-state index in [4.69, 9.17) is 19.7 Å². The fourth-order valence-electron chi connectivity index (χ4n) is 2.30. The average Bonchev–Trinajstić information content (AvgIpc) is 2.57. The molecular weight excluding hydrogens is 316 g/mol. The molecule has 0 aromatic rings. The smallest absolute Gasteiger partial charge is 0.187 e. The highest BCUT2D eigenvalue weighted by Gasteiger charge is 2.46. The molecule has 1 saturated heterocycles. The van der Waals surface area contributed by atoms with Gasteiger partial charge in [0.25, 0.3) is 0 Å². The van der Waals surface area contributed by atoms with Crippen molar-refractivity contribution in [2.24, 2.45) is 0 Å². The summed E-state index contributed by atoms with van der Waals surface area (Å²) in [5.74, 6) is 0. The first kappa shape index (κ1) is 20.6. The van der Waals surface area contributed by atoms with E-state index < -0.39 is 68.3 Å². The first-order chi connectivity index (χ1) is 10.8. The molecule has 0 spiro atoms. The molecule has 1 rings (SSSR count). The van der Waals surface area contributed by atoms with Gasteiger partial charge in [-0.3, -0.25) is 0 Å². The van der Waals surface area contributed by atoms with Gasteiger partial charge in [-0.15, -0.1) is 0 Å². The molecule has 4 unspecified atom stereocenters. The number of aliphatic hydroxyl groups is 8. The van der Waals surface area contributed by atoms with Crippen LogP contribution in [0.15, 0.2) is 0 Å². The van der Waals surface area contributed by atoms with E-state index >= 15 is 0 Å². The standard InChI is InChI=1S/C13H26O10/c1-2-5(16)8(18)12(6(17)3-14)23-13-11(21)10(20)9(19)7(4-15)22-13/h5-21H,2-4H2,1H3/t5?,6?,7?,8-,9+,10+,11?,12+,13-/m0/s1. The summed E-state index contributed by atoms with van der Waals surface area (Å²) in [6.45, 7) is 0.109. The molecule has 0 aromatic heterocycles. The van der Waals surface area contributed by atoms with Gasteiger partial charge in [-0.2, -0.15) is 0 Å². The molecule has 0 aromatic carbocycles. The fourth-order valence-corrected chi connectivity index (χ4v) is 2.30. The molecule has 0 aliphatic carbocycles. The Balaban J connectivity index is 2.89. The number of hydrogen-bond donors (Lipinski definition) is 8. The van der Waals surface area contributed by atoms with Crippen molar-refractivity contribution in [2.45, 2.75) is 68.5 Å². The third-order valence-electron chi connectivity index (χ3n) is 3.86. The first-order valence-corrected chi connectivity index (χ1v) is 7.39. The highest BCUT2D eigenvalue weighted by atomic mass is 16.7.